The third-order valence-corrected chi connectivity index (χ3v) is 20.4. The number of unbranched alkanes of at least 4 members (excludes halogenated alkanes) is 10. The monoisotopic (exact) mass is 634 g/mol. The van der Waals surface area contributed by atoms with Gasteiger partial charge in [-0.05, 0) is 0 Å². The predicted octanol–water partition coefficient (Wildman–Crippen LogP) is 11.7. The quantitative estimate of drug-likeness (QED) is 0.0903. The van der Waals surface area contributed by atoms with Crippen molar-refractivity contribution in [2.75, 3.05) is 0 Å². The zero-order valence-electron chi connectivity index (χ0n) is 22.9. The van der Waals surface area contributed by atoms with E-state index in [0.717, 1.165) is 0 Å². The van der Waals surface area contributed by atoms with E-state index in [0.29, 0.717) is 0 Å². The van der Waals surface area contributed by atoms with E-state index in [1.54, 1.807) is 42.9 Å². The third-order valence-electron chi connectivity index (χ3n) is 7.32. The van der Waals surface area contributed by atoms with Crippen LogP contribution in [0, 0.1) is 0 Å². The molecule has 0 aliphatic carbocycles. The fraction of sp³-hybridized carbons (Fsp3) is 0.613. The molecule has 0 saturated heterocycles. The number of aryl methyl sites for hydroxylation is 2. The summed E-state index contributed by atoms with van der Waals surface area (Å²) >= 11 is 4.25. The number of benzene rings is 1. The molecule has 0 nitrogen and oxygen atoms in total. The van der Waals surface area contributed by atoms with Crippen LogP contribution in [0.25, 0.3) is 30.3 Å². The Labute approximate surface area is 230 Å². The van der Waals surface area contributed by atoms with Crippen LogP contribution in [-0.4, -0.2) is 18.4 Å². The molecule has 35 heavy (non-hydrogen) atoms. The first-order chi connectivity index (χ1) is 16.9. The van der Waals surface area contributed by atoms with Crippen molar-refractivity contribution in [3.63, 3.8) is 0 Å². The van der Waals surface area contributed by atoms with Gasteiger partial charge in [-0.15, -0.1) is 0 Å². The Morgan fingerprint density at radius 3 is 1.37 bits per heavy atom. The first kappa shape index (κ1) is 27.9. The van der Waals surface area contributed by atoms with Gasteiger partial charge in [0.05, 0.1) is 0 Å². The van der Waals surface area contributed by atoms with Crippen LogP contribution >= 0.6 is 34.0 Å². The molecule has 3 aromatic heterocycles. The van der Waals surface area contributed by atoms with Crippen LogP contribution in [0.2, 0.25) is 14.8 Å². The number of thiophene rings is 3. The summed E-state index contributed by atoms with van der Waals surface area (Å²) in [7, 11) is 0. The van der Waals surface area contributed by atoms with Crippen LogP contribution in [0.3, 0.4) is 0 Å². The number of rotatable bonds is 15. The van der Waals surface area contributed by atoms with Crippen molar-refractivity contribution in [3.05, 3.63) is 28.0 Å². The Morgan fingerprint density at radius 2 is 0.914 bits per heavy atom. The van der Waals surface area contributed by atoms with Gasteiger partial charge in [0.2, 0.25) is 0 Å². The summed E-state index contributed by atoms with van der Waals surface area (Å²) in [5, 5.41) is 4.70. The minimum atomic E-state index is -2.11. The molecule has 192 valence electrons. The molecule has 4 heteroatoms. The van der Waals surface area contributed by atoms with Crippen molar-refractivity contribution in [2.45, 2.75) is 119 Å². The normalized spacial score (nSPS) is 12.6. The van der Waals surface area contributed by atoms with Crippen molar-refractivity contribution >= 4 is 85.5 Å². The maximum absolute atomic E-state index is 2.62. The summed E-state index contributed by atoms with van der Waals surface area (Å²) < 4.78 is 6.49. The van der Waals surface area contributed by atoms with Crippen LogP contribution < -0.4 is 2.89 Å². The van der Waals surface area contributed by atoms with Crippen molar-refractivity contribution in [2.24, 2.45) is 0 Å². The Balaban J connectivity index is 1.61. The second-order valence-corrected chi connectivity index (χ2v) is 30.3. The van der Waals surface area contributed by atoms with E-state index in [-0.39, 0.29) is 0 Å². The molecule has 0 atom stereocenters. The Hall–Kier alpha value is -0.101. The second kappa shape index (κ2) is 13.1. The molecule has 0 amide bonds. The molecule has 4 rings (SSSR count). The van der Waals surface area contributed by atoms with Crippen LogP contribution in [0.15, 0.2) is 18.2 Å². The fourth-order valence-corrected chi connectivity index (χ4v) is 14.2. The van der Waals surface area contributed by atoms with Crippen LogP contribution in [0.4, 0.5) is 0 Å². The maximum atomic E-state index is 2.62. The van der Waals surface area contributed by atoms with Crippen molar-refractivity contribution in [1.82, 2.24) is 0 Å². The molecular formula is C31H46S3Sn. The van der Waals surface area contributed by atoms with Gasteiger partial charge in [0.25, 0.3) is 0 Å². The van der Waals surface area contributed by atoms with Crippen molar-refractivity contribution in [1.29, 1.82) is 0 Å². The fourth-order valence-electron chi connectivity index (χ4n) is 5.16. The van der Waals surface area contributed by atoms with Crippen molar-refractivity contribution in [3.8, 4) is 0 Å². The van der Waals surface area contributed by atoms with Gasteiger partial charge in [-0.25, -0.2) is 0 Å². The van der Waals surface area contributed by atoms with Gasteiger partial charge in [-0.3, -0.25) is 0 Å². The molecule has 0 N–H and O–H groups in total. The van der Waals surface area contributed by atoms with Gasteiger partial charge in [0.1, 0.15) is 0 Å². The van der Waals surface area contributed by atoms with Crippen LogP contribution in [0.1, 0.15) is 101 Å². The van der Waals surface area contributed by atoms with Gasteiger partial charge >= 0.3 is 205 Å². The molecule has 1 aromatic carbocycles. The molecular weight excluding hydrogens is 587 g/mol. The van der Waals surface area contributed by atoms with Gasteiger partial charge in [-0.2, -0.15) is 0 Å². The molecule has 0 saturated carbocycles. The molecule has 0 bridgehead atoms. The Bertz CT molecular complexity index is 1130. The van der Waals surface area contributed by atoms with Crippen LogP contribution in [-0.2, 0) is 12.8 Å². The molecule has 0 aliphatic heterocycles. The molecule has 0 spiro atoms. The zero-order chi connectivity index (χ0) is 24.8. The summed E-state index contributed by atoms with van der Waals surface area (Å²) in [6.45, 7) is 4.61. The van der Waals surface area contributed by atoms with Gasteiger partial charge in [0.15, 0.2) is 0 Å². The number of hydrogen-bond donors (Lipinski definition) is 0. The summed E-state index contributed by atoms with van der Waals surface area (Å²) in [6.07, 6.45) is 19.1. The topological polar surface area (TPSA) is 0 Å². The Kier molecular flexibility index (Phi) is 10.5. The summed E-state index contributed by atoms with van der Waals surface area (Å²) in [5.41, 5.74) is 0. The molecule has 3 heterocycles. The molecule has 4 aromatic rings. The number of hydrogen-bond acceptors (Lipinski definition) is 3. The van der Waals surface area contributed by atoms with E-state index in [1.165, 1.54) is 89.9 Å². The van der Waals surface area contributed by atoms with Gasteiger partial charge in [0, 0.05) is 0 Å². The van der Waals surface area contributed by atoms with E-state index in [1.807, 2.05) is 0 Å². The van der Waals surface area contributed by atoms with Gasteiger partial charge in [-0.1, -0.05) is 26.7 Å². The van der Waals surface area contributed by atoms with E-state index < -0.39 is 18.4 Å². The summed E-state index contributed by atoms with van der Waals surface area (Å²) in [4.78, 5) is 10.9. The van der Waals surface area contributed by atoms with Crippen LogP contribution in [0.5, 0.6) is 0 Å². The van der Waals surface area contributed by atoms with E-state index in [2.05, 4.69) is 80.9 Å². The standard InChI is InChI=1S/C28H37S3.3CH3.Sn/c1-3-5-7-9-11-13-15-21-19-24-26-23(17-18-29-26)27-25(28(24)31-21)20-22(30-27)16-14-12-10-8-6-4-2;;;;/h17,19-20H,3-16H2,1-2H3;3*1H3;. The number of fused-ring (bicyclic) bond motifs is 6. The average molecular weight is 634 g/mol. The summed E-state index contributed by atoms with van der Waals surface area (Å²) in [6, 6.07) is 7.78. The summed E-state index contributed by atoms with van der Waals surface area (Å²) in [5.74, 6) is 0. The first-order valence-corrected chi connectivity index (χ1v) is 26.8. The predicted molar refractivity (Wildman–Crippen MR) is 170 cm³/mol. The van der Waals surface area contributed by atoms with E-state index in [9.17, 15) is 0 Å². The second-order valence-electron chi connectivity index (χ2n) is 11.6. The van der Waals surface area contributed by atoms with Crippen molar-refractivity contribution < 1.29 is 0 Å². The third kappa shape index (κ3) is 7.06. The SMILES string of the molecule is CCCCCCCCc1cc2c(s1)c1cc(CCCCCCCC)sc1c1c[c]([Sn]([CH3])([CH3])[CH3])sc21. The average Bonchev–Trinajstić information content (AvgIpc) is 3.54. The molecule has 0 aliphatic rings. The minimum absolute atomic E-state index is 1.26. The first-order valence-electron chi connectivity index (χ1n) is 14.3. The van der Waals surface area contributed by atoms with E-state index >= 15 is 0 Å². The van der Waals surface area contributed by atoms with E-state index in [4.69, 9.17) is 0 Å². The molecule has 0 fully saturated rings. The Morgan fingerprint density at radius 1 is 0.514 bits per heavy atom. The van der Waals surface area contributed by atoms with Gasteiger partial charge < -0.3 is 0 Å². The zero-order valence-corrected chi connectivity index (χ0v) is 28.2. The molecule has 0 radical (unpaired) electrons. The molecule has 0 unspecified atom stereocenters.